The Bertz CT molecular complexity index is 557. The highest BCUT2D eigenvalue weighted by atomic mass is 35.5. The molecule has 0 radical (unpaired) electrons. The first kappa shape index (κ1) is 17.8. The van der Waals surface area contributed by atoms with Gasteiger partial charge in [-0.05, 0) is 12.1 Å². The molecule has 1 rings (SSSR count). The van der Waals surface area contributed by atoms with Crippen molar-refractivity contribution >= 4 is 29.2 Å². The molecule has 2 nitrogen and oxygen atoms in total. The zero-order chi connectivity index (χ0) is 16.6. The summed E-state index contributed by atoms with van der Waals surface area (Å²) in [5, 5.41) is -0.883. The average Bonchev–Trinajstić information content (AvgIpc) is 2.33. The van der Waals surface area contributed by atoms with Gasteiger partial charge in [0, 0.05) is 0 Å². The maximum Gasteiger partial charge on any atom is 0.460 e. The van der Waals surface area contributed by atoms with E-state index in [1.807, 2.05) is 0 Å². The zero-order valence-electron chi connectivity index (χ0n) is 9.45. The van der Waals surface area contributed by atoms with Crippen LogP contribution in [0.4, 0.5) is 30.7 Å². The third kappa shape index (κ3) is 3.18. The van der Waals surface area contributed by atoms with Gasteiger partial charge in [0.15, 0.2) is 5.75 Å². The highest BCUT2D eigenvalue weighted by Gasteiger charge is 2.77. The summed E-state index contributed by atoms with van der Waals surface area (Å²) >= 11 is 10.9. The number of carbonyl (C=O) groups is 1. The normalized spacial score (nSPS) is 13.2. The van der Waals surface area contributed by atoms with Crippen molar-refractivity contribution in [3.05, 3.63) is 28.2 Å². The first-order chi connectivity index (χ1) is 9.32. The van der Waals surface area contributed by atoms with E-state index in [0.717, 1.165) is 18.2 Å². The number of carbonyl (C=O) groups excluding carboxylic acids is 1. The Morgan fingerprint density at radius 2 is 1.52 bits per heavy atom. The van der Waals surface area contributed by atoms with Crippen LogP contribution >= 0.6 is 23.2 Å². The van der Waals surface area contributed by atoms with Gasteiger partial charge in [0.2, 0.25) is 0 Å². The molecule has 21 heavy (non-hydrogen) atoms. The van der Waals surface area contributed by atoms with Crippen molar-refractivity contribution in [3.8, 4) is 5.75 Å². The Morgan fingerprint density at radius 1 is 1.00 bits per heavy atom. The van der Waals surface area contributed by atoms with Gasteiger partial charge in [-0.15, -0.1) is 0 Å². The maximum absolute atomic E-state index is 13.0. The Kier molecular flexibility index (Phi) is 4.69. The van der Waals surface area contributed by atoms with Gasteiger partial charge < -0.3 is 4.74 Å². The van der Waals surface area contributed by atoms with E-state index in [4.69, 9.17) is 23.2 Å². The van der Waals surface area contributed by atoms with Crippen LogP contribution in [0.2, 0.25) is 10.0 Å². The quantitative estimate of drug-likeness (QED) is 0.443. The molecular weight excluding hydrogens is 356 g/mol. The van der Waals surface area contributed by atoms with Crippen LogP contribution in [0, 0.1) is 0 Å². The van der Waals surface area contributed by atoms with Gasteiger partial charge in [0.05, 0.1) is 5.02 Å². The molecule has 0 saturated heterocycles. The van der Waals surface area contributed by atoms with E-state index >= 15 is 0 Å². The molecule has 11 heteroatoms. The van der Waals surface area contributed by atoms with E-state index in [9.17, 15) is 35.5 Å². The highest BCUT2D eigenvalue weighted by molar-refractivity contribution is 6.43. The van der Waals surface area contributed by atoms with Crippen LogP contribution < -0.4 is 4.74 Å². The van der Waals surface area contributed by atoms with E-state index in [1.165, 1.54) is 0 Å². The largest absolute Gasteiger partial charge is 0.460 e. The van der Waals surface area contributed by atoms with Gasteiger partial charge >= 0.3 is 24.0 Å². The average molecular weight is 359 g/mol. The van der Waals surface area contributed by atoms with Crippen molar-refractivity contribution in [2.24, 2.45) is 0 Å². The van der Waals surface area contributed by atoms with Crippen LogP contribution in [-0.2, 0) is 4.79 Å². The minimum absolute atomic E-state index is 0.284. The SMILES string of the molecule is O=C(Oc1cccc(Cl)c1Cl)C(F)(F)C(F)(F)C(F)(F)F. The minimum Gasteiger partial charge on any atom is -0.420 e. The van der Waals surface area contributed by atoms with E-state index in [1.54, 1.807) is 0 Å². The Morgan fingerprint density at radius 3 is 2.00 bits per heavy atom. The molecule has 0 N–H and O–H groups in total. The van der Waals surface area contributed by atoms with Crippen molar-refractivity contribution in [1.82, 2.24) is 0 Å². The molecule has 0 saturated carbocycles. The summed E-state index contributed by atoms with van der Waals surface area (Å²) in [5.41, 5.74) is 0. The van der Waals surface area contributed by atoms with Crippen molar-refractivity contribution in [3.63, 3.8) is 0 Å². The second-order valence-corrected chi connectivity index (χ2v) is 4.37. The number of rotatable bonds is 3. The number of hydrogen-bond acceptors (Lipinski definition) is 2. The molecular formula is C10H3Cl2F7O2. The predicted octanol–water partition coefficient (Wildman–Crippen LogP) is 4.73. The van der Waals surface area contributed by atoms with Gasteiger partial charge in [-0.25, -0.2) is 4.79 Å². The molecule has 0 heterocycles. The minimum atomic E-state index is -6.65. The van der Waals surface area contributed by atoms with Crippen molar-refractivity contribution in [2.75, 3.05) is 0 Å². The van der Waals surface area contributed by atoms with Gasteiger partial charge in [-0.2, -0.15) is 30.7 Å². The van der Waals surface area contributed by atoms with Crippen LogP contribution in [0.3, 0.4) is 0 Å². The molecule has 1 aromatic carbocycles. The molecule has 0 aliphatic rings. The van der Waals surface area contributed by atoms with Crippen LogP contribution in [0.25, 0.3) is 0 Å². The highest BCUT2D eigenvalue weighted by Crippen LogP contribution is 2.47. The molecule has 0 fully saturated rings. The molecule has 0 unspecified atom stereocenters. The van der Waals surface area contributed by atoms with Crippen molar-refractivity contribution in [1.29, 1.82) is 0 Å². The Hall–Kier alpha value is -1.22. The van der Waals surface area contributed by atoms with Crippen LogP contribution in [0.15, 0.2) is 18.2 Å². The van der Waals surface area contributed by atoms with Crippen LogP contribution in [0.1, 0.15) is 0 Å². The molecule has 0 bridgehead atoms. The lowest BCUT2D eigenvalue weighted by Gasteiger charge is -2.26. The number of esters is 1. The van der Waals surface area contributed by atoms with E-state index < -0.39 is 34.8 Å². The number of ether oxygens (including phenoxy) is 1. The second-order valence-electron chi connectivity index (χ2n) is 3.59. The fraction of sp³-hybridized carbons (Fsp3) is 0.300. The summed E-state index contributed by atoms with van der Waals surface area (Å²) in [7, 11) is 0. The summed E-state index contributed by atoms with van der Waals surface area (Å²) in [6, 6.07) is 2.98. The van der Waals surface area contributed by atoms with Crippen molar-refractivity contribution < 1.29 is 40.3 Å². The maximum atomic E-state index is 13.0. The molecule has 118 valence electrons. The number of alkyl halides is 7. The fourth-order valence-corrected chi connectivity index (χ4v) is 1.36. The van der Waals surface area contributed by atoms with E-state index in [2.05, 4.69) is 4.74 Å². The zero-order valence-corrected chi connectivity index (χ0v) is 11.0. The number of halogens is 9. The van der Waals surface area contributed by atoms with Gasteiger partial charge in [-0.1, -0.05) is 29.3 Å². The summed E-state index contributed by atoms with van der Waals surface area (Å²) in [6.07, 6.45) is -6.65. The fourth-order valence-electron chi connectivity index (χ4n) is 1.03. The third-order valence-corrected chi connectivity index (χ3v) is 2.93. The summed E-state index contributed by atoms with van der Waals surface area (Å²) < 4.78 is 90.6. The van der Waals surface area contributed by atoms with E-state index in [0.29, 0.717) is 0 Å². The summed E-state index contributed by atoms with van der Waals surface area (Å²) in [4.78, 5) is 10.9. The van der Waals surface area contributed by atoms with Crippen LogP contribution in [0.5, 0.6) is 5.75 Å². The van der Waals surface area contributed by atoms with Gasteiger partial charge in [0.25, 0.3) is 0 Å². The smallest absolute Gasteiger partial charge is 0.420 e. The number of hydrogen-bond donors (Lipinski definition) is 0. The first-order valence-corrected chi connectivity index (χ1v) is 5.56. The standard InChI is InChI=1S/C10H3Cl2F7O2/c11-4-2-1-3-5(6(4)12)21-7(20)8(13,14)9(15,16)10(17,18)19/h1-3H. The van der Waals surface area contributed by atoms with Gasteiger partial charge in [-0.3, -0.25) is 0 Å². The molecule has 0 aliphatic carbocycles. The topological polar surface area (TPSA) is 26.3 Å². The van der Waals surface area contributed by atoms with Crippen LogP contribution in [-0.4, -0.2) is 24.0 Å². The molecule has 0 spiro atoms. The number of benzene rings is 1. The summed E-state index contributed by atoms with van der Waals surface area (Å²) in [6.45, 7) is 0. The van der Waals surface area contributed by atoms with Gasteiger partial charge in [0.1, 0.15) is 5.02 Å². The lowest BCUT2D eigenvalue weighted by atomic mass is 10.1. The first-order valence-electron chi connectivity index (χ1n) is 4.81. The van der Waals surface area contributed by atoms with E-state index in [-0.39, 0.29) is 5.02 Å². The third-order valence-electron chi connectivity index (χ3n) is 2.13. The monoisotopic (exact) mass is 358 g/mol. The lowest BCUT2D eigenvalue weighted by Crippen LogP contribution is -2.57. The molecule has 0 aliphatic heterocycles. The Labute approximate surface area is 122 Å². The molecule has 0 amide bonds. The second kappa shape index (κ2) is 5.53. The molecule has 0 aromatic heterocycles. The van der Waals surface area contributed by atoms with Crippen molar-refractivity contribution in [2.45, 2.75) is 18.0 Å². The Balaban J connectivity index is 3.11. The molecule has 0 atom stereocenters. The predicted molar refractivity (Wildman–Crippen MR) is 58.0 cm³/mol. The lowest BCUT2D eigenvalue weighted by molar-refractivity contribution is -0.346. The summed E-state index contributed by atoms with van der Waals surface area (Å²) in [5.74, 6) is -16.8. The molecule has 1 aromatic rings.